The number of hydrogen-bond donors (Lipinski definition) is 4. The number of nitrogens with one attached hydrogen (secondary N) is 1. The average Bonchev–Trinajstić information content (AvgIpc) is 2.12. The lowest BCUT2D eigenvalue weighted by atomic mass is 9.80. The normalized spacial score (nSPS) is 28.0. The lowest BCUT2D eigenvalue weighted by Gasteiger charge is -2.57. The van der Waals surface area contributed by atoms with Crippen molar-refractivity contribution < 1.29 is 14.5 Å². The predicted molar refractivity (Wildman–Crippen MR) is 76.3 cm³/mol. The first kappa shape index (κ1) is 20.0. The van der Waals surface area contributed by atoms with Crippen LogP contribution in [-0.4, -0.2) is 40.8 Å². The Hall–Kier alpha value is -1.34. The second-order valence-electron chi connectivity index (χ2n) is 5.50. The van der Waals surface area contributed by atoms with Crippen LogP contribution in [-0.2, 0) is 4.79 Å². The van der Waals surface area contributed by atoms with Crippen molar-refractivity contribution in [2.75, 3.05) is 13.6 Å². The third-order valence-electron chi connectivity index (χ3n) is 3.65. The lowest BCUT2D eigenvalue weighted by Crippen LogP contribution is -2.61. The zero-order chi connectivity index (χ0) is 15.9. The van der Waals surface area contributed by atoms with E-state index >= 15 is 0 Å². The Bertz CT molecular complexity index is 283. The molecule has 114 valence electrons. The summed E-state index contributed by atoms with van der Waals surface area (Å²) in [4.78, 5) is 9.00. The summed E-state index contributed by atoms with van der Waals surface area (Å²) in [6.45, 7) is 8.23. The van der Waals surface area contributed by atoms with Crippen molar-refractivity contribution in [3.8, 4) is 0 Å². The van der Waals surface area contributed by atoms with Gasteiger partial charge in [-0.05, 0) is 26.7 Å². The Morgan fingerprint density at radius 1 is 1.47 bits per heavy atom. The number of carboxylic acids is 1. The van der Waals surface area contributed by atoms with E-state index in [0.29, 0.717) is 5.92 Å². The van der Waals surface area contributed by atoms with Crippen molar-refractivity contribution in [1.82, 2.24) is 0 Å². The second kappa shape index (κ2) is 7.96. The fourth-order valence-corrected chi connectivity index (χ4v) is 1.81. The molecular formula is C12H28N4O3. The number of hydrogen-bond acceptors (Lipinski definition) is 3. The molecule has 0 aromatic rings. The third kappa shape index (κ3) is 8.39. The van der Waals surface area contributed by atoms with Crippen molar-refractivity contribution >= 4 is 11.9 Å². The first-order valence-corrected chi connectivity index (χ1v) is 6.20. The summed E-state index contributed by atoms with van der Waals surface area (Å²) in [5.41, 5.74) is 8.86. The minimum Gasteiger partial charge on any atom is -0.633 e. The summed E-state index contributed by atoms with van der Waals surface area (Å²) < 4.78 is -0.0613. The molecular weight excluding hydrogens is 248 g/mol. The average molecular weight is 276 g/mol. The Balaban J connectivity index is 0. The number of quaternary nitrogens is 1. The molecule has 7 heteroatoms. The molecule has 1 aliphatic heterocycles. The number of nitrogens with two attached hydrogens (primary N) is 2. The van der Waals surface area contributed by atoms with E-state index in [1.54, 1.807) is 7.05 Å². The molecule has 1 aliphatic rings. The minimum absolute atomic E-state index is 0.0613. The number of guanidine groups is 1. The summed E-state index contributed by atoms with van der Waals surface area (Å²) in [5.74, 6) is -0.612. The number of piperidine rings is 1. The van der Waals surface area contributed by atoms with Crippen molar-refractivity contribution in [2.24, 2.45) is 17.4 Å². The number of carboxylic acid groups (broad SMARTS) is 1. The fraction of sp³-hybridized carbons (Fsp3) is 0.833. The van der Waals surface area contributed by atoms with Gasteiger partial charge in [-0.25, -0.2) is 0 Å². The standard InChI is InChI=1S/C9H19NO.C2H4O2.CH5N3/c1-8-6-5-7-10(4,11)9(8,2)3;1-2(3)4;2-1(3)4/h8H,5-7H2,1-4H3;1H3,(H,3,4);(H5,2,3,4). The van der Waals surface area contributed by atoms with Crippen LogP contribution >= 0.6 is 0 Å². The van der Waals surface area contributed by atoms with Crippen LogP contribution in [0, 0.1) is 16.5 Å². The van der Waals surface area contributed by atoms with Gasteiger partial charge in [0.25, 0.3) is 5.97 Å². The highest BCUT2D eigenvalue weighted by Gasteiger charge is 2.41. The molecule has 0 radical (unpaired) electrons. The number of likely N-dealkylation sites (tertiary alicyclic amines) is 1. The maximum absolute atomic E-state index is 11.9. The van der Waals surface area contributed by atoms with E-state index in [-0.39, 0.29) is 16.1 Å². The molecule has 1 heterocycles. The van der Waals surface area contributed by atoms with E-state index in [2.05, 4.69) is 32.2 Å². The molecule has 19 heavy (non-hydrogen) atoms. The van der Waals surface area contributed by atoms with Gasteiger partial charge in [0.1, 0.15) is 0 Å². The molecule has 0 spiro atoms. The molecule has 7 nitrogen and oxygen atoms in total. The summed E-state index contributed by atoms with van der Waals surface area (Å²) in [5, 5.41) is 25.4. The van der Waals surface area contributed by atoms with Crippen molar-refractivity contribution in [3.05, 3.63) is 5.21 Å². The van der Waals surface area contributed by atoms with Crippen LogP contribution in [0.15, 0.2) is 0 Å². The monoisotopic (exact) mass is 276 g/mol. The van der Waals surface area contributed by atoms with Gasteiger partial charge in [-0.15, -0.1) is 0 Å². The van der Waals surface area contributed by atoms with E-state index in [0.717, 1.165) is 19.9 Å². The Morgan fingerprint density at radius 3 is 2.00 bits per heavy atom. The molecule has 0 bridgehead atoms. The van der Waals surface area contributed by atoms with Crippen LogP contribution < -0.4 is 11.5 Å². The van der Waals surface area contributed by atoms with Gasteiger partial charge in [-0.3, -0.25) is 10.2 Å². The topological polar surface area (TPSA) is 136 Å². The molecule has 0 saturated carbocycles. The number of nitrogens with zero attached hydrogens (tertiary/aromatic N) is 1. The van der Waals surface area contributed by atoms with Gasteiger partial charge in [0.2, 0.25) is 0 Å². The molecule has 0 amide bonds. The van der Waals surface area contributed by atoms with E-state index < -0.39 is 5.97 Å². The highest BCUT2D eigenvalue weighted by molar-refractivity contribution is 5.71. The first-order valence-electron chi connectivity index (χ1n) is 6.20. The molecule has 0 aliphatic carbocycles. The number of aliphatic carboxylic acids is 1. The molecule has 1 rings (SSSR count). The maximum Gasteiger partial charge on any atom is 0.300 e. The Kier molecular flexibility index (Phi) is 8.37. The van der Waals surface area contributed by atoms with Gasteiger partial charge in [-0.1, -0.05) is 6.92 Å². The molecule has 2 atom stereocenters. The first-order chi connectivity index (χ1) is 8.34. The van der Waals surface area contributed by atoms with E-state index in [4.69, 9.17) is 15.3 Å². The van der Waals surface area contributed by atoms with Crippen LogP contribution in [0.2, 0.25) is 0 Å². The zero-order valence-corrected chi connectivity index (χ0v) is 12.6. The molecule has 1 saturated heterocycles. The highest BCUT2D eigenvalue weighted by atomic mass is 16.5. The molecule has 0 aromatic carbocycles. The van der Waals surface area contributed by atoms with E-state index in [1.807, 2.05) is 0 Å². The maximum atomic E-state index is 11.9. The smallest absolute Gasteiger partial charge is 0.300 e. The Labute approximate surface area is 115 Å². The van der Waals surface area contributed by atoms with Crippen molar-refractivity contribution in [1.29, 1.82) is 5.41 Å². The number of rotatable bonds is 0. The third-order valence-corrected chi connectivity index (χ3v) is 3.65. The van der Waals surface area contributed by atoms with Gasteiger partial charge in [0.05, 0.1) is 19.1 Å². The van der Waals surface area contributed by atoms with Crippen LogP contribution in [0.1, 0.15) is 40.5 Å². The molecule has 0 aromatic heterocycles. The predicted octanol–water partition coefficient (Wildman–Crippen LogP) is 1.07. The summed E-state index contributed by atoms with van der Waals surface area (Å²) in [6, 6.07) is 0. The van der Waals surface area contributed by atoms with Crippen molar-refractivity contribution in [3.63, 3.8) is 0 Å². The number of carbonyl (C=O) groups is 1. The van der Waals surface area contributed by atoms with Crippen LogP contribution in [0.25, 0.3) is 0 Å². The largest absolute Gasteiger partial charge is 0.633 e. The zero-order valence-electron chi connectivity index (χ0n) is 12.6. The quantitative estimate of drug-likeness (QED) is 0.227. The summed E-state index contributed by atoms with van der Waals surface area (Å²) >= 11 is 0. The minimum atomic E-state index is -0.833. The van der Waals surface area contributed by atoms with Gasteiger partial charge < -0.3 is 26.4 Å². The fourth-order valence-electron chi connectivity index (χ4n) is 1.81. The van der Waals surface area contributed by atoms with Gasteiger partial charge in [-0.2, -0.15) is 0 Å². The summed E-state index contributed by atoms with van der Waals surface area (Å²) in [6.07, 6.45) is 2.30. The lowest BCUT2D eigenvalue weighted by molar-refractivity contribution is -0.920. The highest BCUT2D eigenvalue weighted by Crippen LogP contribution is 2.36. The van der Waals surface area contributed by atoms with Crippen LogP contribution in [0.5, 0.6) is 0 Å². The summed E-state index contributed by atoms with van der Waals surface area (Å²) in [7, 11) is 1.80. The van der Waals surface area contributed by atoms with E-state index in [9.17, 15) is 5.21 Å². The van der Waals surface area contributed by atoms with Crippen molar-refractivity contribution in [2.45, 2.75) is 46.1 Å². The van der Waals surface area contributed by atoms with Crippen LogP contribution in [0.3, 0.4) is 0 Å². The van der Waals surface area contributed by atoms with Gasteiger partial charge in [0.15, 0.2) is 5.96 Å². The Morgan fingerprint density at radius 2 is 1.79 bits per heavy atom. The molecule has 6 N–H and O–H groups in total. The number of hydroxylamine groups is 3. The van der Waals surface area contributed by atoms with Crippen LogP contribution in [0.4, 0.5) is 0 Å². The molecule has 2 unspecified atom stereocenters. The van der Waals surface area contributed by atoms with Gasteiger partial charge >= 0.3 is 0 Å². The van der Waals surface area contributed by atoms with E-state index in [1.165, 1.54) is 6.42 Å². The van der Waals surface area contributed by atoms with Gasteiger partial charge in [0, 0.05) is 12.8 Å². The SMILES string of the molecule is CC(=O)O.CC1CCC[N+](C)([O-])C1(C)C.N=C(N)N. The second-order valence-corrected chi connectivity index (χ2v) is 5.50. The molecule has 1 fully saturated rings.